The van der Waals surface area contributed by atoms with Crippen molar-refractivity contribution in [3.05, 3.63) is 64.7 Å². The molecule has 0 atom stereocenters. The number of carbonyl (C=O) groups excluding carboxylic acids is 1. The molecule has 1 aliphatic rings. The van der Waals surface area contributed by atoms with Crippen LogP contribution in [0.1, 0.15) is 18.1 Å². The molecule has 2 aromatic rings. The predicted molar refractivity (Wildman–Crippen MR) is 105 cm³/mol. The molecule has 0 unspecified atom stereocenters. The molecule has 25 heavy (non-hydrogen) atoms. The summed E-state index contributed by atoms with van der Waals surface area (Å²) in [6.07, 6.45) is 0. The second-order valence-electron chi connectivity index (χ2n) is 5.46. The van der Waals surface area contributed by atoms with Gasteiger partial charge in [0, 0.05) is 24.2 Å². The fourth-order valence-corrected chi connectivity index (χ4v) is 3.20. The van der Waals surface area contributed by atoms with E-state index in [1.807, 2.05) is 48.5 Å². The number of thioether (sulfide) groups is 1. The second-order valence-corrected chi connectivity index (χ2v) is 6.86. The number of benzene rings is 2. The Morgan fingerprint density at radius 1 is 1.32 bits per heavy atom. The SMILES string of the molecule is CC(=O)NCc1ccc(C2=NNC(=Nc3cccc(Cl)c3)SC2)cc1. The summed E-state index contributed by atoms with van der Waals surface area (Å²) in [5, 5.41) is 8.60. The number of aliphatic imine (C=N–C) groups is 1. The second kappa shape index (κ2) is 8.18. The minimum absolute atomic E-state index is 0.0344. The van der Waals surface area contributed by atoms with Crippen molar-refractivity contribution in [2.45, 2.75) is 13.5 Å². The standard InChI is InChI=1S/C18H17ClN4OS/c1-12(24)20-10-13-5-7-14(8-6-13)17-11-25-18(23-22-17)21-16-4-2-3-15(19)9-16/h2-9H,10-11H2,1H3,(H,20,24)(H,21,23). The molecule has 0 saturated carbocycles. The van der Waals surface area contributed by atoms with E-state index in [1.165, 1.54) is 6.92 Å². The van der Waals surface area contributed by atoms with Gasteiger partial charge in [0.25, 0.3) is 0 Å². The van der Waals surface area contributed by atoms with Crippen molar-refractivity contribution in [2.75, 3.05) is 5.75 Å². The fraction of sp³-hybridized carbons (Fsp3) is 0.167. The molecule has 0 radical (unpaired) electrons. The summed E-state index contributed by atoms with van der Waals surface area (Å²) < 4.78 is 0. The van der Waals surface area contributed by atoms with Crippen molar-refractivity contribution >= 4 is 45.8 Å². The molecule has 2 aromatic carbocycles. The molecule has 0 saturated heterocycles. The molecular weight excluding hydrogens is 356 g/mol. The van der Waals surface area contributed by atoms with Crippen molar-refractivity contribution in [3.8, 4) is 0 Å². The lowest BCUT2D eigenvalue weighted by Crippen LogP contribution is -2.25. The van der Waals surface area contributed by atoms with E-state index in [0.29, 0.717) is 11.6 Å². The quantitative estimate of drug-likeness (QED) is 0.859. The van der Waals surface area contributed by atoms with Crippen molar-refractivity contribution in [1.82, 2.24) is 10.7 Å². The van der Waals surface area contributed by atoms with Crippen molar-refractivity contribution in [1.29, 1.82) is 0 Å². The zero-order chi connectivity index (χ0) is 17.6. The number of nitrogens with zero attached hydrogens (tertiary/aromatic N) is 2. The number of hydrogen-bond donors (Lipinski definition) is 2. The van der Waals surface area contributed by atoms with E-state index in [0.717, 1.165) is 33.4 Å². The van der Waals surface area contributed by atoms with Gasteiger partial charge in [-0.2, -0.15) is 5.10 Å². The van der Waals surface area contributed by atoms with Crippen LogP contribution in [0.5, 0.6) is 0 Å². The van der Waals surface area contributed by atoms with Crippen LogP contribution in [-0.4, -0.2) is 22.5 Å². The van der Waals surface area contributed by atoms with Gasteiger partial charge in [0.1, 0.15) is 0 Å². The Kier molecular flexibility index (Phi) is 5.73. The third-order valence-electron chi connectivity index (χ3n) is 3.50. The summed E-state index contributed by atoms with van der Waals surface area (Å²) in [5.41, 5.74) is 6.85. The Morgan fingerprint density at radius 2 is 2.12 bits per heavy atom. The first kappa shape index (κ1) is 17.5. The van der Waals surface area contributed by atoms with Gasteiger partial charge in [0.15, 0.2) is 5.17 Å². The van der Waals surface area contributed by atoms with Gasteiger partial charge in [-0.05, 0) is 29.3 Å². The van der Waals surface area contributed by atoms with E-state index < -0.39 is 0 Å². The van der Waals surface area contributed by atoms with E-state index in [-0.39, 0.29) is 5.91 Å². The zero-order valence-electron chi connectivity index (χ0n) is 13.6. The third-order valence-corrected chi connectivity index (χ3v) is 4.61. The molecule has 3 rings (SSSR count). The van der Waals surface area contributed by atoms with E-state index in [2.05, 4.69) is 20.8 Å². The third kappa shape index (κ3) is 5.08. The molecule has 0 spiro atoms. The van der Waals surface area contributed by atoms with Gasteiger partial charge >= 0.3 is 0 Å². The first-order valence-electron chi connectivity index (χ1n) is 7.73. The van der Waals surface area contributed by atoms with Gasteiger partial charge < -0.3 is 5.32 Å². The number of rotatable bonds is 4. The molecule has 2 N–H and O–H groups in total. The summed E-state index contributed by atoms with van der Waals surface area (Å²) in [6.45, 7) is 2.04. The molecule has 0 bridgehead atoms. The molecule has 0 aromatic heterocycles. The lowest BCUT2D eigenvalue weighted by atomic mass is 10.1. The van der Waals surface area contributed by atoms with Crippen LogP contribution < -0.4 is 10.7 Å². The van der Waals surface area contributed by atoms with E-state index in [4.69, 9.17) is 11.6 Å². The van der Waals surface area contributed by atoms with E-state index in [1.54, 1.807) is 11.8 Å². The zero-order valence-corrected chi connectivity index (χ0v) is 15.2. The van der Waals surface area contributed by atoms with Crippen LogP contribution in [0.25, 0.3) is 0 Å². The summed E-state index contributed by atoms with van der Waals surface area (Å²) in [6, 6.07) is 15.4. The molecule has 7 heteroatoms. The summed E-state index contributed by atoms with van der Waals surface area (Å²) in [5.74, 6) is 0.699. The average Bonchev–Trinajstić information content (AvgIpc) is 2.61. The Morgan fingerprint density at radius 3 is 2.76 bits per heavy atom. The average molecular weight is 373 g/mol. The highest BCUT2D eigenvalue weighted by atomic mass is 35.5. The Hall–Kier alpha value is -2.31. The van der Waals surface area contributed by atoms with Gasteiger partial charge in [0.05, 0.1) is 11.4 Å². The number of nitrogens with one attached hydrogen (secondary N) is 2. The smallest absolute Gasteiger partial charge is 0.217 e. The highest BCUT2D eigenvalue weighted by Gasteiger charge is 2.13. The van der Waals surface area contributed by atoms with Crippen molar-refractivity contribution in [3.63, 3.8) is 0 Å². The van der Waals surface area contributed by atoms with Gasteiger partial charge in [-0.3, -0.25) is 10.2 Å². The fourth-order valence-electron chi connectivity index (χ4n) is 2.23. The lowest BCUT2D eigenvalue weighted by molar-refractivity contribution is -0.119. The molecule has 128 valence electrons. The maximum atomic E-state index is 11.0. The largest absolute Gasteiger partial charge is 0.352 e. The molecule has 5 nitrogen and oxygen atoms in total. The summed E-state index contributed by atoms with van der Waals surface area (Å²) in [4.78, 5) is 15.5. The van der Waals surface area contributed by atoms with Crippen LogP contribution in [0.4, 0.5) is 5.69 Å². The topological polar surface area (TPSA) is 65.8 Å². The minimum Gasteiger partial charge on any atom is -0.352 e. The Bertz CT molecular complexity index is 833. The van der Waals surface area contributed by atoms with Crippen LogP contribution in [0, 0.1) is 0 Å². The van der Waals surface area contributed by atoms with Gasteiger partial charge in [-0.25, -0.2) is 4.99 Å². The van der Waals surface area contributed by atoms with Crippen LogP contribution in [0.3, 0.4) is 0 Å². The molecule has 0 aliphatic carbocycles. The summed E-state index contributed by atoms with van der Waals surface area (Å²) >= 11 is 7.56. The van der Waals surface area contributed by atoms with Crippen LogP contribution in [0.15, 0.2) is 58.6 Å². The number of amides is 1. The summed E-state index contributed by atoms with van der Waals surface area (Å²) in [7, 11) is 0. The Labute approximate surface area is 155 Å². The predicted octanol–water partition coefficient (Wildman–Crippen LogP) is 3.70. The van der Waals surface area contributed by atoms with Crippen molar-refractivity contribution in [2.24, 2.45) is 10.1 Å². The van der Waals surface area contributed by atoms with Gasteiger partial charge in [0.2, 0.25) is 5.91 Å². The number of amidine groups is 1. The molecule has 1 amide bonds. The minimum atomic E-state index is -0.0344. The Balaban J connectivity index is 1.65. The number of carbonyl (C=O) groups is 1. The van der Waals surface area contributed by atoms with Crippen LogP contribution >= 0.6 is 23.4 Å². The molecular formula is C18H17ClN4OS. The van der Waals surface area contributed by atoms with Gasteiger partial charge in [-0.15, -0.1) is 0 Å². The van der Waals surface area contributed by atoms with E-state index in [9.17, 15) is 4.79 Å². The molecule has 1 aliphatic heterocycles. The molecule has 1 heterocycles. The van der Waals surface area contributed by atoms with Crippen molar-refractivity contribution < 1.29 is 4.79 Å². The normalized spacial score (nSPS) is 15.4. The highest BCUT2D eigenvalue weighted by Crippen LogP contribution is 2.21. The first-order chi connectivity index (χ1) is 12.1. The van der Waals surface area contributed by atoms with E-state index >= 15 is 0 Å². The van der Waals surface area contributed by atoms with Gasteiger partial charge in [-0.1, -0.05) is 53.7 Å². The number of hydrazone groups is 1. The maximum absolute atomic E-state index is 11.0. The monoisotopic (exact) mass is 372 g/mol. The van der Waals surface area contributed by atoms with Crippen LogP contribution in [0.2, 0.25) is 5.02 Å². The first-order valence-corrected chi connectivity index (χ1v) is 9.10. The van der Waals surface area contributed by atoms with Crippen LogP contribution in [-0.2, 0) is 11.3 Å². The molecule has 0 fully saturated rings. The maximum Gasteiger partial charge on any atom is 0.217 e. The highest BCUT2D eigenvalue weighted by molar-refractivity contribution is 8.14. The number of halogens is 1. The number of hydrogen-bond acceptors (Lipinski definition) is 4. The lowest BCUT2D eigenvalue weighted by Gasteiger charge is -2.15.